The van der Waals surface area contributed by atoms with E-state index in [1.165, 1.54) is 12.1 Å². The monoisotopic (exact) mass is 285 g/mol. The fourth-order valence-electron chi connectivity index (χ4n) is 1.43. The smallest absolute Gasteiger partial charge is 0.140 e. The summed E-state index contributed by atoms with van der Waals surface area (Å²) in [5.41, 5.74) is 6.40. The number of hydrogen-bond acceptors (Lipinski definition) is 2. The largest absolute Gasteiger partial charge is 0.326 e. The molecule has 0 radical (unpaired) electrons. The van der Waals surface area contributed by atoms with Crippen LogP contribution in [-0.2, 0) is 6.54 Å². The number of benzene rings is 2. The Bertz CT molecular complexity index is 575. The van der Waals surface area contributed by atoms with E-state index in [0.717, 1.165) is 23.4 Å². The number of hydrogen-bond donors (Lipinski definition) is 1. The van der Waals surface area contributed by atoms with Crippen molar-refractivity contribution in [2.75, 3.05) is 0 Å². The minimum absolute atomic E-state index is 0.332. The lowest BCUT2D eigenvalue weighted by molar-refractivity contribution is 0.565. The molecule has 0 spiro atoms. The van der Waals surface area contributed by atoms with Gasteiger partial charge in [-0.05, 0) is 29.8 Å². The number of rotatable bonds is 3. The van der Waals surface area contributed by atoms with Crippen molar-refractivity contribution >= 4 is 23.4 Å². The third-order valence-corrected chi connectivity index (χ3v) is 3.90. The summed E-state index contributed by atoms with van der Waals surface area (Å²) in [7, 11) is 0. The molecule has 5 heteroatoms. The summed E-state index contributed by atoms with van der Waals surface area (Å²) in [4.78, 5) is 1.04. The van der Waals surface area contributed by atoms with E-state index in [4.69, 9.17) is 17.3 Å². The van der Waals surface area contributed by atoms with Crippen molar-refractivity contribution in [1.82, 2.24) is 0 Å². The van der Waals surface area contributed by atoms with Gasteiger partial charge >= 0.3 is 0 Å². The molecule has 94 valence electrons. The number of halogens is 3. The van der Waals surface area contributed by atoms with Gasteiger partial charge in [-0.2, -0.15) is 0 Å². The van der Waals surface area contributed by atoms with E-state index in [2.05, 4.69) is 0 Å². The van der Waals surface area contributed by atoms with Crippen molar-refractivity contribution in [3.05, 3.63) is 58.6 Å². The molecule has 1 nitrogen and oxygen atoms in total. The van der Waals surface area contributed by atoms with E-state index in [-0.39, 0.29) is 0 Å². The first-order chi connectivity index (χ1) is 8.60. The van der Waals surface area contributed by atoms with Crippen LogP contribution >= 0.6 is 23.4 Å². The molecular formula is C13H10ClF2NS. The Morgan fingerprint density at radius 1 is 1.06 bits per heavy atom. The normalized spacial score (nSPS) is 10.7. The van der Waals surface area contributed by atoms with E-state index in [9.17, 15) is 8.78 Å². The van der Waals surface area contributed by atoms with Crippen LogP contribution in [-0.4, -0.2) is 0 Å². The second-order valence-corrected chi connectivity index (χ2v) is 5.14. The maximum absolute atomic E-state index is 13.5. The van der Waals surface area contributed by atoms with Crippen LogP contribution in [0, 0.1) is 11.6 Å². The average Bonchev–Trinajstić information content (AvgIpc) is 2.34. The minimum Gasteiger partial charge on any atom is -0.326 e. The van der Waals surface area contributed by atoms with E-state index in [1.807, 2.05) is 6.07 Å². The lowest BCUT2D eigenvalue weighted by atomic mass is 10.2. The molecule has 0 aliphatic rings. The maximum atomic E-state index is 13.5. The highest BCUT2D eigenvalue weighted by atomic mass is 35.5. The average molecular weight is 286 g/mol. The Labute approximate surface area is 113 Å². The highest BCUT2D eigenvalue weighted by molar-refractivity contribution is 7.99. The quantitative estimate of drug-likeness (QED) is 0.913. The van der Waals surface area contributed by atoms with Crippen molar-refractivity contribution in [1.29, 1.82) is 0 Å². The van der Waals surface area contributed by atoms with Crippen LogP contribution in [0.25, 0.3) is 0 Å². The van der Waals surface area contributed by atoms with Crippen LogP contribution in [0.4, 0.5) is 8.78 Å². The highest BCUT2D eigenvalue weighted by Crippen LogP contribution is 2.35. The molecule has 2 aromatic rings. The molecule has 0 saturated heterocycles. The lowest BCUT2D eigenvalue weighted by Gasteiger charge is -2.07. The lowest BCUT2D eigenvalue weighted by Crippen LogP contribution is -1.95. The van der Waals surface area contributed by atoms with Crippen LogP contribution in [0.2, 0.25) is 5.02 Å². The van der Waals surface area contributed by atoms with Gasteiger partial charge in [0.1, 0.15) is 11.6 Å². The summed E-state index contributed by atoms with van der Waals surface area (Å²) in [6.45, 7) is 0.398. The highest BCUT2D eigenvalue weighted by Gasteiger charge is 2.08. The second kappa shape index (κ2) is 5.69. The molecule has 0 bridgehead atoms. The summed E-state index contributed by atoms with van der Waals surface area (Å²) in [5.74, 6) is -1.19. The predicted molar refractivity (Wildman–Crippen MR) is 69.8 cm³/mol. The van der Waals surface area contributed by atoms with Gasteiger partial charge in [0.15, 0.2) is 0 Å². The zero-order valence-electron chi connectivity index (χ0n) is 9.29. The van der Waals surface area contributed by atoms with Crippen molar-refractivity contribution in [3.63, 3.8) is 0 Å². The zero-order chi connectivity index (χ0) is 13.1. The molecule has 0 unspecified atom stereocenters. The first-order valence-corrected chi connectivity index (χ1v) is 6.41. The van der Waals surface area contributed by atoms with Crippen LogP contribution in [0.5, 0.6) is 0 Å². The SMILES string of the molecule is NCc1ccc(Sc2ccc(F)cc2F)c(Cl)c1. The maximum Gasteiger partial charge on any atom is 0.140 e. The molecule has 0 aliphatic heterocycles. The van der Waals surface area contributed by atoms with Crippen LogP contribution in [0.3, 0.4) is 0 Å². The van der Waals surface area contributed by atoms with Crippen LogP contribution < -0.4 is 5.73 Å². The first-order valence-electron chi connectivity index (χ1n) is 5.21. The minimum atomic E-state index is -0.598. The van der Waals surface area contributed by atoms with Gasteiger partial charge in [0.05, 0.1) is 5.02 Å². The summed E-state index contributed by atoms with van der Waals surface area (Å²) >= 11 is 7.22. The second-order valence-electron chi connectivity index (χ2n) is 3.65. The molecule has 0 heterocycles. The molecule has 0 aromatic heterocycles. The van der Waals surface area contributed by atoms with Gasteiger partial charge in [0.25, 0.3) is 0 Å². The van der Waals surface area contributed by atoms with Crippen molar-refractivity contribution in [3.8, 4) is 0 Å². The van der Waals surface area contributed by atoms with Crippen molar-refractivity contribution in [2.24, 2.45) is 5.73 Å². The zero-order valence-corrected chi connectivity index (χ0v) is 10.9. The summed E-state index contributed by atoms with van der Waals surface area (Å²) in [5, 5.41) is 0.506. The molecule has 2 aromatic carbocycles. The Hall–Kier alpha value is -1.10. The van der Waals surface area contributed by atoms with E-state index >= 15 is 0 Å². The number of nitrogens with two attached hydrogens (primary N) is 1. The van der Waals surface area contributed by atoms with Gasteiger partial charge in [-0.25, -0.2) is 8.78 Å². The molecular weight excluding hydrogens is 276 g/mol. The summed E-state index contributed by atoms with van der Waals surface area (Å²) in [6.07, 6.45) is 0. The molecule has 0 atom stereocenters. The van der Waals surface area contributed by atoms with Crippen LogP contribution in [0.1, 0.15) is 5.56 Å². The molecule has 0 fully saturated rings. The Morgan fingerprint density at radius 2 is 1.78 bits per heavy atom. The van der Waals surface area contributed by atoms with Gasteiger partial charge in [-0.3, -0.25) is 0 Å². The third-order valence-electron chi connectivity index (χ3n) is 2.35. The Kier molecular flexibility index (Phi) is 4.22. The van der Waals surface area contributed by atoms with Gasteiger partial charge in [0, 0.05) is 22.4 Å². The van der Waals surface area contributed by atoms with E-state index in [0.29, 0.717) is 21.4 Å². The van der Waals surface area contributed by atoms with Crippen molar-refractivity contribution in [2.45, 2.75) is 16.3 Å². The fraction of sp³-hybridized carbons (Fsp3) is 0.0769. The molecule has 0 aliphatic carbocycles. The predicted octanol–water partition coefficient (Wildman–Crippen LogP) is 4.23. The first kappa shape index (κ1) is 13.3. The molecule has 0 saturated carbocycles. The van der Waals surface area contributed by atoms with Crippen molar-refractivity contribution < 1.29 is 8.78 Å². The van der Waals surface area contributed by atoms with Gasteiger partial charge < -0.3 is 5.73 Å². The van der Waals surface area contributed by atoms with Gasteiger partial charge in [-0.15, -0.1) is 0 Å². The fourth-order valence-corrected chi connectivity index (χ4v) is 2.57. The molecule has 18 heavy (non-hydrogen) atoms. The van der Waals surface area contributed by atoms with Gasteiger partial charge in [0.2, 0.25) is 0 Å². The van der Waals surface area contributed by atoms with E-state index in [1.54, 1.807) is 12.1 Å². The van der Waals surface area contributed by atoms with Gasteiger partial charge in [-0.1, -0.05) is 29.4 Å². The standard InChI is InChI=1S/C13H10ClF2NS/c14-10-5-8(7-17)1-3-12(10)18-13-4-2-9(15)6-11(13)16/h1-6H,7,17H2. The third kappa shape index (κ3) is 3.02. The molecule has 2 rings (SSSR count). The topological polar surface area (TPSA) is 26.0 Å². The van der Waals surface area contributed by atoms with E-state index < -0.39 is 11.6 Å². The summed E-state index contributed by atoms with van der Waals surface area (Å²) in [6, 6.07) is 8.81. The Morgan fingerprint density at radius 3 is 2.39 bits per heavy atom. The van der Waals surface area contributed by atoms with Crippen LogP contribution in [0.15, 0.2) is 46.2 Å². The molecule has 0 amide bonds. The molecule has 2 N–H and O–H groups in total. The summed E-state index contributed by atoms with van der Waals surface area (Å²) < 4.78 is 26.3. The Balaban J connectivity index is 2.28.